The third-order valence-electron chi connectivity index (χ3n) is 2.48. The highest BCUT2D eigenvalue weighted by Crippen LogP contribution is 2.21. The van der Waals surface area contributed by atoms with E-state index in [0.29, 0.717) is 5.69 Å². The number of nitrogens with one attached hydrogen (secondary N) is 2. The van der Waals surface area contributed by atoms with E-state index in [9.17, 15) is 12.8 Å². The Bertz CT molecular complexity index is 680. The number of anilines is 1. The van der Waals surface area contributed by atoms with Gasteiger partial charge in [0.15, 0.2) is 0 Å². The maximum absolute atomic E-state index is 12.8. The topological polar surface area (TPSA) is 95.1 Å². The van der Waals surface area contributed by atoms with Crippen LogP contribution in [-0.4, -0.2) is 23.7 Å². The number of sulfonamides is 1. The predicted octanol–water partition coefficient (Wildman–Crippen LogP) is 1.15. The van der Waals surface area contributed by atoms with Crippen molar-refractivity contribution in [1.29, 1.82) is 0 Å². The lowest BCUT2D eigenvalue weighted by Gasteiger charge is -2.08. The maximum atomic E-state index is 12.8. The van der Waals surface area contributed by atoms with Crippen molar-refractivity contribution in [2.24, 2.45) is 0 Å². The summed E-state index contributed by atoms with van der Waals surface area (Å²) >= 11 is 0. The number of hydrogen-bond donors (Lipinski definition) is 3. The average Bonchev–Trinajstić information content (AvgIpc) is 2.74. The Labute approximate surface area is 109 Å². The lowest BCUT2D eigenvalue weighted by Crippen LogP contribution is -2.15. The van der Waals surface area contributed by atoms with Gasteiger partial charge in [-0.3, -0.25) is 9.82 Å². The molecule has 0 fully saturated rings. The number of halogens is 1. The Kier molecular flexibility index (Phi) is 3.54. The van der Waals surface area contributed by atoms with E-state index in [4.69, 9.17) is 5.11 Å². The minimum atomic E-state index is -3.88. The molecule has 2 aromatic rings. The standard InChI is InChI=1S/C11H12FN3O3S/c1-7-11(10(6-16)14-13-7)19(17,18)15-9-4-2-8(12)3-5-9/h2-5,15-16H,6H2,1H3,(H,13,14). The number of hydrogen-bond acceptors (Lipinski definition) is 4. The highest BCUT2D eigenvalue weighted by molar-refractivity contribution is 7.92. The molecule has 0 spiro atoms. The molecule has 0 bridgehead atoms. The Morgan fingerprint density at radius 1 is 1.37 bits per heavy atom. The number of aromatic amines is 1. The number of aliphatic hydroxyl groups is 1. The molecule has 19 heavy (non-hydrogen) atoms. The van der Waals surface area contributed by atoms with E-state index in [2.05, 4.69) is 14.9 Å². The summed E-state index contributed by atoms with van der Waals surface area (Å²) in [6.45, 7) is 1.04. The van der Waals surface area contributed by atoms with E-state index >= 15 is 0 Å². The fraction of sp³-hybridized carbons (Fsp3) is 0.182. The van der Waals surface area contributed by atoms with Crippen LogP contribution in [0.2, 0.25) is 0 Å². The third-order valence-corrected chi connectivity index (χ3v) is 4.06. The second kappa shape index (κ2) is 4.98. The van der Waals surface area contributed by atoms with Gasteiger partial charge in [0.1, 0.15) is 16.4 Å². The third kappa shape index (κ3) is 2.74. The first-order chi connectivity index (χ1) is 8.94. The van der Waals surface area contributed by atoms with Crippen LogP contribution >= 0.6 is 0 Å². The van der Waals surface area contributed by atoms with Gasteiger partial charge in [0, 0.05) is 5.69 Å². The van der Waals surface area contributed by atoms with Crippen molar-refractivity contribution in [2.45, 2.75) is 18.4 Å². The first-order valence-corrected chi connectivity index (χ1v) is 6.85. The first-order valence-electron chi connectivity index (χ1n) is 5.37. The quantitative estimate of drug-likeness (QED) is 0.785. The summed E-state index contributed by atoms with van der Waals surface area (Å²) in [4.78, 5) is -0.0978. The smallest absolute Gasteiger partial charge is 0.265 e. The molecule has 1 aromatic carbocycles. The zero-order valence-corrected chi connectivity index (χ0v) is 10.8. The molecule has 0 radical (unpaired) electrons. The summed E-state index contributed by atoms with van der Waals surface area (Å²) in [6.07, 6.45) is 0. The molecule has 6 nitrogen and oxygen atoms in total. The highest BCUT2D eigenvalue weighted by atomic mass is 32.2. The molecule has 1 aromatic heterocycles. The van der Waals surface area contributed by atoms with E-state index in [1.54, 1.807) is 0 Å². The Morgan fingerprint density at radius 2 is 2.00 bits per heavy atom. The van der Waals surface area contributed by atoms with Gasteiger partial charge in [-0.15, -0.1) is 0 Å². The molecule has 0 unspecified atom stereocenters. The van der Waals surface area contributed by atoms with Gasteiger partial charge in [-0.25, -0.2) is 12.8 Å². The maximum Gasteiger partial charge on any atom is 0.265 e. The molecular formula is C11H12FN3O3S. The minimum absolute atomic E-state index is 0.0344. The SMILES string of the molecule is Cc1[nH]nc(CO)c1S(=O)(=O)Nc1ccc(F)cc1. The molecule has 1 heterocycles. The van der Waals surface area contributed by atoms with Crippen molar-refractivity contribution in [3.63, 3.8) is 0 Å². The van der Waals surface area contributed by atoms with Crippen molar-refractivity contribution in [2.75, 3.05) is 4.72 Å². The molecule has 8 heteroatoms. The van der Waals surface area contributed by atoms with Crippen LogP contribution in [0.1, 0.15) is 11.4 Å². The van der Waals surface area contributed by atoms with Gasteiger partial charge >= 0.3 is 0 Å². The van der Waals surface area contributed by atoms with E-state index < -0.39 is 22.4 Å². The molecule has 2 rings (SSSR count). The monoisotopic (exact) mass is 285 g/mol. The number of rotatable bonds is 4. The van der Waals surface area contributed by atoms with Crippen LogP contribution in [0.15, 0.2) is 29.2 Å². The van der Waals surface area contributed by atoms with Crippen molar-refractivity contribution in [3.8, 4) is 0 Å². The second-order valence-electron chi connectivity index (χ2n) is 3.89. The molecule has 0 saturated heterocycles. The molecule has 3 N–H and O–H groups in total. The molecule has 102 valence electrons. The second-order valence-corrected chi connectivity index (χ2v) is 5.51. The summed E-state index contributed by atoms with van der Waals surface area (Å²) in [5, 5.41) is 15.3. The van der Waals surface area contributed by atoms with Gasteiger partial charge < -0.3 is 5.11 Å². The van der Waals surface area contributed by atoms with E-state index in [0.717, 1.165) is 12.1 Å². The zero-order valence-electron chi connectivity index (χ0n) is 10.0. The Hall–Kier alpha value is -1.93. The summed E-state index contributed by atoms with van der Waals surface area (Å²) in [5.41, 5.74) is 0.580. The van der Waals surface area contributed by atoms with Crippen LogP contribution in [0.3, 0.4) is 0 Å². The van der Waals surface area contributed by atoms with Gasteiger partial charge in [-0.1, -0.05) is 0 Å². The van der Waals surface area contributed by atoms with Crippen molar-refractivity contribution >= 4 is 15.7 Å². The highest BCUT2D eigenvalue weighted by Gasteiger charge is 2.23. The molecule has 0 amide bonds. The number of aryl methyl sites for hydroxylation is 1. The Morgan fingerprint density at radius 3 is 2.58 bits per heavy atom. The van der Waals surface area contributed by atoms with Gasteiger partial charge in [-0.2, -0.15) is 5.10 Å². The van der Waals surface area contributed by atoms with E-state index in [1.807, 2.05) is 0 Å². The number of aliphatic hydroxyl groups excluding tert-OH is 1. The molecule has 0 atom stereocenters. The molecule has 0 aliphatic heterocycles. The van der Waals surface area contributed by atoms with Crippen molar-refractivity contribution < 1.29 is 17.9 Å². The summed E-state index contributed by atoms with van der Waals surface area (Å²) in [7, 11) is -3.88. The summed E-state index contributed by atoms with van der Waals surface area (Å²) < 4.78 is 39.4. The first kappa shape index (κ1) is 13.5. The molecule has 0 aliphatic carbocycles. The van der Waals surface area contributed by atoms with Gasteiger partial charge in [0.25, 0.3) is 10.0 Å². The van der Waals surface area contributed by atoms with E-state index in [1.165, 1.54) is 19.1 Å². The van der Waals surface area contributed by atoms with Gasteiger partial charge in [-0.05, 0) is 31.2 Å². The number of benzene rings is 1. The zero-order chi connectivity index (χ0) is 14.0. The summed E-state index contributed by atoms with van der Waals surface area (Å²) in [6, 6.07) is 4.90. The van der Waals surface area contributed by atoms with Crippen LogP contribution in [0.4, 0.5) is 10.1 Å². The normalized spacial score (nSPS) is 11.5. The predicted molar refractivity (Wildman–Crippen MR) is 66.5 cm³/mol. The average molecular weight is 285 g/mol. The van der Waals surface area contributed by atoms with Crippen LogP contribution in [0, 0.1) is 12.7 Å². The largest absolute Gasteiger partial charge is 0.390 e. The summed E-state index contributed by atoms with van der Waals surface area (Å²) in [5.74, 6) is -0.460. The van der Waals surface area contributed by atoms with E-state index in [-0.39, 0.29) is 16.3 Å². The fourth-order valence-electron chi connectivity index (χ4n) is 1.66. The van der Waals surface area contributed by atoms with Crippen molar-refractivity contribution in [3.05, 3.63) is 41.5 Å². The number of aromatic nitrogens is 2. The van der Waals surface area contributed by atoms with Gasteiger partial charge in [0.2, 0.25) is 0 Å². The minimum Gasteiger partial charge on any atom is -0.390 e. The molecular weight excluding hydrogens is 273 g/mol. The van der Waals surface area contributed by atoms with Crippen LogP contribution in [-0.2, 0) is 16.6 Å². The van der Waals surface area contributed by atoms with Crippen LogP contribution in [0.5, 0.6) is 0 Å². The van der Waals surface area contributed by atoms with Crippen LogP contribution < -0.4 is 4.72 Å². The van der Waals surface area contributed by atoms with Crippen molar-refractivity contribution in [1.82, 2.24) is 10.2 Å². The van der Waals surface area contributed by atoms with Gasteiger partial charge in [0.05, 0.1) is 12.3 Å². The Balaban J connectivity index is 2.37. The number of H-pyrrole nitrogens is 1. The molecule has 0 saturated carbocycles. The number of nitrogens with zero attached hydrogens (tertiary/aromatic N) is 1. The van der Waals surface area contributed by atoms with Crippen LogP contribution in [0.25, 0.3) is 0 Å². The fourth-order valence-corrected chi connectivity index (χ4v) is 3.07. The lowest BCUT2D eigenvalue weighted by molar-refractivity contribution is 0.273. The lowest BCUT2D eigenvalue weighted by atomic mass is 10.3. The molecule has 0 aliphatic rings.